The van der Waals surface area contributed by atoms with Crippen LogP contribution in [-0.4, -0.2) is 60.3 Å². The Morgan fingerprint density at radius 2 is 1.88 bits per heavy atom. The molecule has 6 heteroatoms. The van der Waals surface area contributed by atoms with E-state index in [-0.39, 0.29) is 0 Å². The van der Waals surface area contributed by atoms with E-state index in [1.54, 1.807) is 18.3 Å². The molecule has 0 amide bonds. The van der Waals surface area contributed by atoms with Gasteiger partial charge in [0.1, 0.15) is 5.84 Å². The Bertz CT molecular complexity index is 998. The number of nitrogens with zero attached hydrogens (tertiary/aromatic N) is 2. The number of pyridine rings is 1. The van der Waals surface area contributed by atoms with Crippen molar-refractivity contribution in [3.63, 3.8) is 0 Å². The summed E-state index contributed by atoms with van der Waals surface area (Å²) in [6, 6.07) is 10.1. The van der Waals surface area contributed by atoms with Gasteiger partial charge in [-0.1, -0.05) is 12.1 Å². The maximum atomic E-state index is 8.37. The highest BCUT2D eigenvalue weighted by Gasteiger charge is 2.41. The number of hydrogen-bond acceptors (Lipinski definition) is 5. The smallest absolute Gasteiger partial charge is 0.118 e. The average molecular weight is 432 g/mol. The SMILES string of the molecule is N=C(/C=C\C(=N)c1ccc2ncccc2c1)N[C@H]1CC2CN(CC3CCOCC3)C[C@@H]2C1. The van der Waals surface area contributed by atoms with Gasteiger partial charge in [0.15, 0.2) is 0 Å². The number of amidine groups is 1. The molecule has 6 nitrogen and oxygen atoms in total. The number of fused-ring (bicyclic) bond motifs is 2. The summed E-state index contributed by atoms with van der Waals surface area (Å²) >= 11 is 0. The first kappa shape index (κ1) is 21.3. The standard InChI is InChI=1S/C26H33N5O/c27-24(19-3-5-25-20(12-19)2-1-9-29-25)4-6-26(28)30-23-13-21-16-31(17-22(21)14-23)15-18-7-10-32-11-8-18/h1-6,9,12,18,21-23,27H,7-8,10-11,13-17H2,(H2,28,30)/b6-4-,27-24?/t21-,22?,23+/m0/s1. The highest BCUT2D eigenvalue weighted by atomic mass is 16.5. The van der Waals surface area contributed by atoms with E-state index in [2.05, 4.69) is 15.2 Å². The normalized spacial score (nSPS) is 26.6. The van der Waals surface area contributed by atoms with Crippen molar-refractivity contribution in [3.05, 3.63) is 54.2 Å². The van der Waals surface area contributed by atoms with Gasteiger partial charge in [0.2, 0.25) is 0 Å². The summed E-state index contributed by atoms with van der Waals surface area (Å²) in [6.45, 7) is 5.53. The van der Waals surface area contributed by atoms with Crippen LogP contribution >= 0.6 is 0 Å². The molecule has 1 aromatic carbocycles. The van der Waals surface area contributed by atoms with Crippen molar-refractivity contribution in [1.29, 1.82) is 10.8 Å². The van der Waals surface area contributed by atoms with Crippen LogP contribution in [0, 0.1) is 28.6 Å². The Morgan fingerprint density at radius 1 is 1.09 bits per heavy atom. The van der Waals surface area contributed by atoms with Crippen LogP contribution in [-0.2, 0) is 4.74 Å². The van der Waals surface area contributed by atoms with E-state index >= 15 is 0 Å². The number of ether oxygens (including phenoxy) is 1. The van der Waals surface area contributed by atoms with E-state index in [0.29, 0.717) is 17.6 Å². The maximum absolute atomic E-state index is 8.37. The second-order valence-electron chi connectivity index (χ2n) is 9.68. The Morgan fingerprint density at radius 3 is 2.66 bits per heavy atom. The number of nitrogens with one attached hydrogen (secondary N) is 3. The first-order valence-corrected chi connectivity index (χ1v) is 11.9. The highest BCUT2D eigenvalue weighted by molar-refractivity contribution is 6.10. The van der Waals surface area contributed by atoms with E-state index < -0.39 is 0 Å². The minimum Gasteiger partial charge on any atom is -0.381 e. The van der Waals surface area contributed by atoms with Crippen molar-refractivity contribution >= 4 is 22.5 Å². The third kappa shape index (κ3) is 4.92. The molecule has 0 spiro atoms. The van der Waals surface area contributed by atoms with Gasteiger partial charge in [-0.25, -0.2) is 0 Å². The molecule has 0 bridgehead atoms. The van der Waals surface area contributed by atoms with Crippen LogP contribution in [0.1, 0.15) is 31.2 Å². The van der Waals surface area contributed by atoms with E-state index in [1.807, 2.05) is 30.3 Å². The van der Waals surface area contributed by atoms with Gasteiger partial charge in [-0.2, -0.15) is 0 Å². The lowest BCUT2D eigenvalue weighted by Crippen LogP contribution is -2.35. The second kappa shape index (κ2) is 9.51. The minimum atomic E-state index is 0.383. The van der Waals surface area contributed by atoms with Crippen molar-refractivity contribution < 1.29 is 4.74 Å². The molecule has 2 saturated heterocycles. The first-order valence-electron chi connectivity index (χ1n) is 11.9. The maximum Gasteiger partial charge on any atom is 0.118 e. The molecule has 3 atom stereocenters. The van der Waals surface area contributed by atoms with Crippen LogP contribution in [0.4, 0.5) is 0 Å². The highest BCUT2D eigenvalue weighted by Crippen LogP contribution is 2.38. The molecule has 1 unspecified atom stereocenters. The summed E-state index contributed by atoms with van der Waals surface area (Å²) < 4.78 is 5.50. The zero-order valence-electron chi connectivity index (χ0n) is 18.6. The van der Waals surface area contributed by atoms with Crippen LogP contribution in [0.5, 0.6) is 0 Å². The summed E-state index contributed by atoms with van der Waals surface area (Å²) in [7, 11) is 0. The van der Waals surface area contributed by atoms with Gasteiger partial charge in [0.05, 0.1) is 11.2 Å². The second-order valence-corrected chi connectivity index (χ2v) is 9.68. The topological polar surface area (TPSA) is 85.1 Å². The molecule has 5 rings (SSSR count). The zero-order valence-corrected chi connectivity index (χ0v) is 18.6. The molecule has 0 radical (unpaired) electrons. The fraction of sp³-hybridized carbons (Fsp3) is 0.500. The van der Waals surface area contributed by atoms with E-state index in [0.717, 1.165) is 60.3 Å². The molecule has 168 valence electrons. The van der Waals surface area contributed by atoms with Gasteiger partial charge in [0.25, 0.3) is 0 Å². The van der Waals surface area contributed by atoms with Crippen LogP contribution in [0.15, 0.2) is 48.7 Å². The molecular weight excluding hydrogens is 398 g/mol. The Labute approximate surface area is 190 Å². The summed E-state index contributed by atoms with van der Waals surface area (Å²) in [4.78, 5) is 7.00. The fourth-order valence-electron chi connectivity index (χ4n) is 5.73. The molecule has 3 heterocycles. The third-order valence-corrected chi connectivity index (χ3v) is 7.37. The summed E-state index contributed by atoms with van der Waals surface area (Å²) in [5.74, 6) is 2.73. The van der Waals surface area contributed by atoms with Crippen LogP contribution < -0.4 is 5.32 Å². The summed E-state index contributed by atoms with van der Waals surface area (Å²) in [5.41, 5.74) is 2.18. The van der Waals surface area contributed by atoms with Crippen molar-refractivity contribution in [2.45, 2.75) is 31.7 Å². The number of benzene rings is 1. The largest absolute Gasteiger partial charge is 0.381 e. The van der Waals surface area contributed by atoms with E-state index in [1.165, 1.54) is 32.5 Å². The molecule has 1 aliphatic carbocycles. The Balaban J connectivity index is 1.09. The number of likely N-dealkylation sites (tertiary alicyclic amines) is 1. The molecule has 3 aliphatic rings. The van der Waals surface area contributed by atoms with Gasteiger partial charge in [0, 0.05) is 56.0 Å². The molecule has 2 aliphatic heterocycles. The fourth-order valence-corrected chi connectivity index (χ4v) is 5.73. The molecule has 32 heavy (non-hydrogen) atoms. The van der Waals surface area contributed by atoms with Crippen molar-refractivity contribution in [2.24, 2.45) is 17.8 Å². The molecule has 1 saturated carbocycles. The zero-order chi connectivity index (χ0) is 21.9. The lowest BCUT2D eigenvalue weighted by atomic mass is 10.00. The van der Waals surface area contributed by atoms with Gasteiger partial charge < -0.3 is 20.4 Å². The lowest BCUT2D eigenvalue weighted by Gasteiger charge is -2.27. The van der Waals surface area contributed by atoms with Crippen molar-refractivity contribution in [2.75, 3.05) is 32.8 Å². The van der Waals surface area contributed by atoms with E-state index in [9.17, 15) is 0 Å². The Hall–Kier alpha value is -2.57. The van der Waals surface area contributed by atoms with Crippen molar-refractivity contribution in [1.82, 2.24) is 15.2 Å². The average Bonchev–Trinajstić information content (AvgIpc) is 3.35. The predicted molar refractivity (Wildman–Crippen MR) is 129 cm³/mol. The predicted octanol–water partition coefficient (Wildman–Crippen LogP) is 3.86. The monoisotopic (exact) mass is 431 g/mol. The molecule has 1 aromatic heterocycles. The molecular formula is C26H33N5O. The molecule has 2 aromatic rings. The van der Waals surface area contributed by atoms with Gasteiger partial charge >= 0.3 is 0 Å². The van der Waals surface area contributed by atoms with Gasteiger partial charge in [-0.15, -0.1) is 0 Å². The number of hydrogen-bond donors (Lipinski definition) is 3. The lowest BCUT2D eigenvalue weighted by molar-refractivity contribution is 0.0545. The van der Waals surface area contributed by atoms with Crippen LogP contribution in [0.25, 0.3) is 10.9 Å². The summed E-state index contributed by atoms with van der Waals surface area (Å²) in [5, 5.41) is 21.1. The number of rotatable bonds is 6. The van der Waals surface area contributed by atoms with Gasteiger partial charge in [-0.05, 0) is 73.8 Å². The quantitative estimate of drug-likeness (QED) is 0.479. The third-order valence-electron chi connectivity index (χ3n) is 7.37. The van der Waals surface area contributed by atoms with Gasteiger partial charge in [-0.3, -0.25) is 10.4 Å². The number of allylic oxidation sites excluding steroid dienone is 1. The summed E-state index contributed by atoms with van der Waals surface area (Å²) in [6.07, 6.45) is 9.95. The first-order chi connectivity index (χ1) is 15.6. The molecule has 3 fully saturated rings. The Kier molecular flexibility index (Phi) is 6.32. The molecule has 3 N–H and O–H groups in total. The van der Waals surface area contributed by atoms with E-state index in [4.69, 9.17) is 15.6 Å². The number of aromatic nitrogens is 1. The minimum absolute atomic E-state index is 0.383. The van der Waals surface area contributed by atoms with Crippen molar-refractivity contribution in [3.8, 4) is 0 Å². The van der Waals surface area contributed by atoms with Crippen LogP contribution in [0.3, 0.4) is 0 Å². The van der Waals surface area contributed by atoms with Crippen LogP contribution in [0.2, 0.25) is 0 Å².